The van der Waals surface area contributed by atoms with Gasteiger partial charge in [-0.05, 0) is 18.9 Å². The van der Waals surface area contributed by atoms with Crippen LogP contribution < -0.4 is 10.6 Å². The number of aromatic nitrogens is 2. The van der Waals surface area contributed by atoms with Crippen molar-refractivity contribution in [1.82, 2.24) is 9.55 Å². The van der Waals surface area contributed by atoms with Crippen LogP contribution in [-0.4, -0.2) is 62.9 Å². The monoisotopic (exact) mass is 297 g/mol. The van der Waals surface area contributed by atoms with E-state index in [2.05, 4.69) is 4.98 Å². The second-order valence-electron chi connectivity index (χ2n) is 5.40. The minimum atomic E-state index is -1.28. The van der Waals surface area contributed by atoms with Crippen LogP contribution in [0.2, 0.25) is 0 Å². The fourth-order valence-electron chi connectivity index (χ4n) is 2.83. The molecule has 116 valence electrons. The van der Waals surface area contributed by atoms with Crippen LogP contribution >= 0.6 is 0 Å². The summed E-state index contributed by atoms with van der Waals surface area (Å²) in [6.45, 7) is 1.33. The summed E-state index contributed by atoms with van der Waals surface area (Å²) in [5, 5.41) is 28.7. The van der Waals surface area contributed by atoms with Gasteiger partial charge in [0.15, 0.2) is 6.23 Å². The zero-order chi connectivity index (χ0) is 15.0. The molecule has 8 nitrogen and oxygen atoms in total. The van der Waals surface area contributed by atoms with Crippen LogP contribution in [-0.2, 0) is 4.74 Å². The van der Waals surface area contributed by atoms with Crippen molar-refractivity contribution in [3.05, 3.63) is 22.7 Å². The molecule has 0 amide bonds. The van der Waals surface area contributed by atoms with Gasteiger partial charge in [0.25, 0.3) is 0 Å². The van der Waals surface area contributed by atoms with Gasteiger partial charge in [-0.25, -0.2) is 4.79 Å². The van der Waals surface area contributed by atoms with Gasteiger partial charge in [0, 0.05) is 19.3 Å². The highest BCUT2D eigenvalue weighted by atomic mass is 16.6. The molecule has 2 aliphatic heterocycles. The van der Waals surface area contributed by atoms with Gasteiger partial charge in [-0.3, -0.25) is 4.57 Å². The lowest BCUT2D eigenvalue weighted by molar-refractivity contribution is -0.0549. The first-order valence-electron chi connectivity index (χ1n) is 7.08. The molecule has 3 rings (SSSR count). The lowest BCUT2D eigenvalue weighted by Crippen LogP contribution is -2.36. The van der Waals surface area contributed by atoms with E-state index >= 15 is 0 Å². The molecule has 0 saturated carbocycles. The molecule has 3 N–H and O–H groups in total. The van der Waals surface area contributed by atoms with Crippen LogP contribution in [0, 0.1) is 0 Å². The predicted molar refractivity (Wildman–Crippen MR) is 73.0 cm³/mol. The van der Waals surface area contributed by atoms with Crippen LogP contribution in [0.5, 0.6) is 0 Å². The summed E-state index contributed by atoms with van der Waals surface area (Å²) in [5.41, 5.74) is -0.547. The summed E-state index contributed by atoms with van der Waals surface area (Å²) in [5.74, 6) is 0.612. The Bertz CT molecular complexity index is 557. The highest BCUT2D eigenvalue weighted by Crippen LogP contribution is 2.28. The van der Waals surface area contributed by atoms with E-state index in [-0.39, 0.29) is 0 Å². The smallest absolute Gasteiger partial charge is 0.351 e. The molecule has 2 aliphatic rings. The standard InChI is InChI=1S/C13H19N3O5/c17-7-8-10(18)11(19)12(21-8)16-6-3-9(14-13(16)20)15-4-1-2-5-15/h3,6,8,10-12,17-19H,1-2,4-5,7H2/t8-,10-,11-,12-/m0/s1. The molecule has 21 heavy (non-hydrogen) atoms. The lowest BCUT2D eigenvalue weighted by Gasteiger charge is -2.20. The van der Waals surface area contributed by atoms with Gasteiger partial charge in [0.05, 0.1) is 6.61 Å². The number of hydrogen-bond acceptors (Lipinski definition) is 7. The lowest BCUT2D eigenvalue weighted by atomic mass is 10.1. The molecule has 4 atom stereocenters. The Hall–Kier alpha value is -1.48. The number of hydrogen-bond donors (Lipinski definition) is 3. The van der Waals surface area contributed by atoms with Crippen molar-refractivity contribution in [3.8, 4) is 0 Å². The first-order chi connectivity index (χ1) is 10.1. The van der Waals surface area contributed by atoms with Gasteiger partial charge >= 0.3 is 5.69 Å². The highest BCUT2D eigenvalue weighted by molar-refractivity contribution is 5.37. The molecule has 1 aromatic heterocycles. The van der Waals surface area contributed by atoms with Crippen molar-refractivity contribution in [1.29, 1.82) is 0 Å². The van der Waals surface area contributed by atoms with Crippen LogP contribution in [0.25, 0.3) is 0 Å². The third kappa shape index (κ3) is 2.55. The van der Waals surface area contributed by atoms with Crippen molar-refractivity contribution < 1.29 is 20.1 Å². The highest BCUT2D eigenvalue weighted by Gasteiger charge is 2.43. The topological polar surface area (TPSA) is 108 Å². The van der Waals surface area contributed by atoms with Gasteiger partial charge in [-0.2, -0.15) is 4.98 Å². The molecular formula is C13H19N3O5. The van der Waals surface area contributed by atoms with E-state index in [1.165, 1.54) is 6.20 Å². The van der Waals surface area contributed by atoms with E-state index in [1.807, 2.05) is 4.90 Å². The molecule has 0 aliphatic carbocycles. The minimum absolute atomic E-state index is 0.428. The summed E-state index contributed by atoms with van der Waals surface area (Å²) in [6.07, 6.45) is -0.785. The first-order valence-corrected chi connectivity index (χ1v) is 7.08. The van der Waals surface area contributed by atoms with Crippen LogP contribution in [0.3, 0.4) is 0 Å². The Balaban J connectivity index is 1.84. The Kier molecular flexibility index (Phi) is 3.94. The van der Waals surface area contributed by atoms with Gasteiger partial charge in [-0.15, -0.1) is 0 Å². The number of rotatable bonds is 3. The summed E-state index contributed by atoms with van der Waals surface area (Å²) in [4.78, 5) is 18.2. The average molecular weight is 297 g/mol. The fourth-order valence-corrected chi connectivity index (χ4v) is 2.83. The Morgan fingerprint density at radius 1 is 1.29 bits per heavy atom. The van der Waals surface area contributed by atoms with E-state index < -0.39 is 36.8 Å². The van der Waals surface area contributed by atoms with Gasteiger partial charge < -0.3 is 25.0 Å². The summed E-state index contributed by atoms with van der Waals surface area (Å²) >= 11 is 0. The van der Waals surface area contributed by atoms with Crippen LogP contribution in [0.1, 0.15) is 19.1 Å². The molecular weight excluding hydrogens is 278 g/mol. The largest absolute Gasteiger partial charge is 0.394 e. The van der Waals surface area contributed by atoms with E-state index in [0.29, 0.717) is 5.82 Å². The Morgan fingerprint density at radius 3 is 2.57 bits per heavy atom. The van der Waals surface area contributed by atoms with Crippen molar-refractivity contribution in [2.24, 2.45) is 0 Å². The van der Waals surface area contributed by atoms with Gasteiger partial charge in [0.2, 0.25) is 0 Å². The minimum Gasteiger partial charge on any atom is -0.394 e. The van der Waals surface area contributed by atoms with Crippen LogP contribution in [0.15, 0.2) is 17.1 Å². The average Bonchev–Trinajstić information content (AvgIpc) is 3.10. The number of ether oxygens (including phenoxy) is 1. The molecule has 1 aromatic rings. The fraction of sp³-hybridized carbons (Fsp3) is 0.692. The molecule has 3 heterocycles. The second-order valence-corrected chi connectivity index (χ2v) is 5.40. The molecule has 2 saturated heterocycles. The van der Waals surface area contributed by atoms with E-state index in [9.17, 15) is 15.0 Å². The van der Waals surface area contributed by atoms with E-state index in [0.717, 1.165) is 30.5 Å². The molecule has 0 aromatic carbocycles. The number of aliphatic hydroxyl groups excluding tert-OH is 3. The summed E-state index contributed by atoms with van der Waals surface area (Å²) in [7, 11) is 0. The number of aliphatic hydroxyl groups is 3. The van der Waals surface area contributed by atoms with E-state index in [4.69, 9.17) is 9.84 Å². The second kappa shape index (κ2) is 5.72. The summed E-state index contributed by atoms with van der Waals surface area (Å²) in [6, 6.07) is 1.70. The molecule has 0 unspecified atom stereocenters. The zero-order valence-electron chi connectivity index (χ0n) is 11.5. The maximum absolute atomic E-state index is 12.1. The predicted octanol–water partition coefficient (Wildman–Crippen LogP) is -1.54. The Labute approximate surface area is 121 Å². The molecule has 0 bridgehead atoms. The molecule has 0 radical (unpaired) electrons. The Morgan fingerprint density at radius 2 is 2.00 bits per heavy atom. The van der Waals surface area contributed by atoms with Gasteiger partial charge in [0.1, 0.15) is 24.1 Å². The zero-order valence-corrected chi connectivity index (χ0v) is 11.5. The molecule has 2 fully saturated rings. The van der Waals surface area contributed by atoms with Crippen molar-refractivity contribution in [2.75, 3.05) is 24.6 Å². The SMILES string of the molecule is O=c1nc(N2CCCC2)ccn1[C@H]1O[C@@H](CO)[C@H](O)[C@@H]1O. The van der Waals surface area contributed by atoms with Crippen LogP contribution in [0.4, 0.5) is 5.82 Å². The third-order valence-electron chi connectivity index (χ3n) is 4.04. The first kappa shape index (κ1) is 14.5. The van der Waals surface area contributed by atoms with Crippen molar-refractivity contribution in [2.45, 2.75) is 37.4 Å². The number of nitrogens with zero attached hydrogens (tertiary/aromatic N) is 3. The molecule has 0 spiro atoms. The third-order valence-corrected chi connectivity index (χ3v) is 4.04. The maximum atomic E-state index is 12.1. The normalized spacial score (nSPS) is 32.8. The number of anilines is 1. The maximum Gasteiger partial charge on any atom is 0.351 e. The van der Waals surface area contributed by atoms with Gasteiger partial charge in [-0.1, -0.05) is 0 Å². The quantitative estimate of drug-likeness (QED) is 0.620. The summed E-state index contributed by atoms with van der Waals surface area (Å²) < 4.78 is 6.47. The molecule has 8 heteroatoms. The van der Waals surface area contributed by atoms with E-state index in [1.54, 1.807) is 6.07 Å². The van der Waals surface area contributed by atoms with Crippen molar-refractivity contribution in [3.63, 3.8) is 0 Å². The van der Waals surface area contributed by atoms with Crippen molar-refractivity contribution >= 4 is 5.82 Å².